The van der Waals surface area contributed by atoms with Gasteiger partial charge in [-0.25, -0.2) is 0 Å². The standard InChI is InChI=1S/C15H15ClF3N3O2/c1-22(9-15(17,18)19)13(23)4-2-3-12-20-14(21-24-12)10-5-7-11(16)8-6-10/h5-8H,2-4,9H2,1H3. The van der Waals surface area contributed by atoms with Gasteiger partial charge in [0.2, 0.25) is 17.6 Å². The van der Waals surface area contributed by atoms with Crippen LogP contribution in [0.2, 0.25) is 5.02 Å². The number of halogens is 4. The molecule has 0 aliphatic rings. The van der Waals surface area contributed by atoms with Crippen molar-refractivity contribution in [3.63, 3.8) is 0 Å². The molecule has 0 saturated carbocycles. The maximum Gasteiger partial charge on any atom is 0.406 e. The molecule has 9 heteroatoms. The smallest absolute Gasteiger partial charge is 0.339 e. The van der Waals surface area contributed by atoms with Gasteiger partial charge >= 0.3 is 6.18 Å². The lowest BCUT2D eigenvalue weighted by molar-refractivity contribution is -0.158. The fourth-order valence-corrected chi connectivity index (χ4v) is 2.14. The molecule has 0 unspecified atom stereocenters. The van der Waals surface area contributed by atoms with Crippen molar-refractivity contribution in [2.45, 2.75) is 25.4 Å². The highest BCUT2D eigenvalue weighted by Gasteiger charge is 2.30. The van der Waals surface area contributed by atoms with Gasteiger partial charge in [0, 0.05) is 30.5 Å². The van der Waals surface area contributed by atoms with Gasteiger partial charge in [0.25, 0.3) is 0 Å². The molecule has 24 heavy (non-hydrogen) atoms. The molecule has 0 N–H and O–H groups in total. The van der Waals surface area contributed by atoms with Crippen LogP contribution in [-0.2, 0) is 11.2 Å². The molecule has 1 aromatic heterocycles. The van der Waals surface area contributed by atoms with Crippen molar-refractivity contribution < 1.29 is 22.5 Å². The summed E-state index contributed by atoms with van der Waals surface area (Å²) in [7, 11) is 1.13. The zero-order valence-electron chi connectivity index (χ0n) is 12.8. The molecule has 0 spiro atoms. The second kappa shape index (κ2) is 7.65. The van der Waals surface area contributed by atoms with Crippen molar-refractivity contribution in [2.24, 2.45) is 0 Å². The summed E-state index contributed by atoms with van der Waals surface area (Å²) in [6.07, 6.45) is -3.79. The van der Waals surface area contributed by atoms with E-state index >= 15 is 0 Å². The molecule has 0 bridgehead atoms. The number of amides is 1. The number of alkyl halides is 3. The molecule has 1 aromatic carbocycles. The first-order valence-electron chi connectivity index (χ1n) is 7.14. The lowest BCUT2D eigenvalue weighted by atomic mass is 10.2. The van der Waals surface area contributed by atoms with Gasteiger partial charge < -0.3 is 9.42 Å². The zero-order chi connectivity index (χ0) is 17.7. The molecule has 0 aliphatic carbocycles. The van der Waals surface area contributed by atoms with Gasteiger partial charge in [0.1, 0.15) is 6.54 Å². The van der Waals surface area contributed by atoms with E-state index in [2.05, 4.69) is 10.1 Å². The minimum Gasteiger partial charge on any atom is -0.339 e. The van der Waals surface area contributed by atoms with E-state index in [1.807, 2.05) is 0 Å². The lowest BCUT2D eigenvalue weighted by Gasteiger charge is -2.18. The summed E-state index contributed by atoms with van der Waals surface area (Å²) < 4.78 is 41.7. The lowest BCUT2D eigenvalue weighted by Crippen LogP contribution is -2.35. The highest BCUT2D eigenvalue weighted by Crippen LogP contribution is 2.19. The maximum absolute atomic E-state index is 12.2. The first kappa shape index (κ1) is 18.3. The average molecular weight is 362 g/mol. The van der Waals surface area contributed by atoms with Crippen molar-refractivity contribution in [3.8, 4) is 11.4 Å². The molecule has 2 rings (SSSR count). The number of hydrogen-bond acceptors (Lipinski definition) is 4. The first-order chi connectivity index (χ1) is 11.2. The van der Waals surface area contributed by atoms with Crippen LogP contribution in [-0.4, -0.2) is 40.7 Å². The van der Waals surface area contributed by atoms with Crippen molar-refractivity contribution >= 4 is 17.5 Å². The van der Waals surface area contributed by atoms with Crippen LogP contribution in [0.1, 0.15) is 18.7 Å². The molecule has 1 heterocycles. The molecule has 2 aromatic rings. The van der Waals surface area contributed by atoms with Crippen molar-refractivity contribution in [1.82, 2.24) is 15.0 Å². The van der Waals surface area contributed by atoms with Gasteiger partial charge in [-0.2, -0.15) is 18.2 Å². The SMILES string of the molecule is CN(CC(F)(F)F)C(=O)CCCc1nc(-c2ccc(Cl)cc2)no1. The summed E-state index contributed by atoms with van der Waals surface area (Å²) in [5.41, 5.74) is 0.732. The molecule has 130 valence electrons. The number of carbonyl (C=O) groups is 1. The van der Waals surface area contributed by atoms with Gasteiger partial charge in [-0.15, -0.1) is 0 Å². The van der Waals surface area contributed by atoms with E-state index in [0.717, 1.165) is 12.6 Å². The Kier molecular flexibility index (Phi) is 5.82. The van der Waals surface area contributed by atoms with E-state index in [4.69, 9.17) is 16.1 Å². The van der Waals surface area contributed by atoms with Gasteiger partial charge in [0.05, 0.1) is 0 Å². The Morgan fingerprint density at radius 1 is 1.29 bits per heavy atom. The third kappa shape index (κ3) is 5.52. The monoisotopic (exact) mass is 361 g/mol. The largest absolute Gasteiger partial charge is 0.406 e. The predicted octanol–water partition coefficient (Wildman–Crippen LogP) is 3.73. The molecule has 0 radical (unpaired) electrons. The number of hydrogen-bond donors (Lipinski definition) is 0. The van der Waals surface area contributed by atoms with E-state index in [-0.39, 0.29) is 6.42 Å². The van der Waals surface area contributed by atoms with E-state index in [9.17, 15) is 18.0 Å². The Balaban J connectivity index is 1.83. The van der Waals surface area contributed by atoms with E-state index in [0.29, 0.717) is 34.5 Å². The first-order valence-corrected chi connectivity index (χ1v) is 7.51. The Labute approximate surface area is 141 Å². The van der Waals surface area contributed by atoms with Gasteiger partial charge in [-0.1, -0.05) is 16.8 Å². The highest BCUT2D eigenvalue weighted by molar-refractivity contribution is 6.30. The van der Waals surface area contributed by atoms with Crippen LogP contribution in [0.15, 0.2) is 28.8 Å². The second-order valence-electron chi connectivity index (χ2n) is 5.24. The molecule has 0 aliphatic heterocycles. The Bertz CT molecular complexity index is 686. The maximum atomic E-state index is 12.2. The fraction of sp³-hybridized carbons (Fsp3) is 0.400. The molecular weight excluding hydrogens is 347 g/mol. The topological polar surface area (TPSA) is 59.2 Å². The minimum atomic E-state index is -4.40. The number of aromatic nitrogens is 2. The van der Waals surface area contributed by atoms with Crippen LogP contribution in [0.5, 0.6) is 0 Å². The fourth-order valence-electron chi connectivity index (χ4n) is 2.01. The van der Waals surface area contributed by atoms with Crippen LogP contribution in [0.3, 0.4) is 0 Å². The normalized spacial score (nSPS) is 11.5. The second-order valence-corrected chi connectivity index (χ2v) is 5.67. The van der Waals surface area contributed by atoms with Gasteiger partial charge in [0.15, 0.2) is 0 Å². The molecule has 0 atom stereocenters. The molecule has 0 fully saturated rings. The quantitative estimate of drug-likeness (QED) is 0.786. The molecular formula is C15H15ClF3N3O2. The minimum absolute atomic E-state index is 0.0226. The Hall–Kier alpha value is -2.09. The zero-order valence-corrected chi connectivity index (χ0v) is 13.6. The van der Waals surface area contributed by atoms with Crippen LogP contribution in [0.4, 0.5) is 13.2 Å². The van der Waals surface area contributed by atoms with Crippen molar-refractivity contribution in [2.75, 3.05) is 13.6 Å². The number of benzene rings is 1. The Morgan fingerprint density at radius 2 is 1.96 bits per heavy atom. The summed E-state index contributed by atoms with van der Waals surface area (Å²) in [5, 5.41) is 4.41. The van der Waals surface area contributed by atoms with Crippen molar-refractivity contribution in [3.05, 3.63) is 35.2 Å². The van der Waals surface area contributed by atoms with Gasteiger partial charge in [-0.3, -0.25) is 4.79 Å². The average Bonchev–Trinajstić information content (AvgIpc) is 2.95. The number of carbonyl (C=O) groups excluding carboxylic acids is 1. The molecule has 1 amide bonds. The number of aryl methyl sites for hydroxylation is 1. The summed E-state index contributed by atoms with van der Waals surface area (Å²) in [5.74, 6) is 0.137. The van der Waals surface area contributed by atoms with E-state index in [1.165, 1.54) is 0 Å². The van der Waals surface area contributed by atoms with Crippen LogP contribution in [0, 0.1) is 0 Å². The number of rotatable bonds is 6. The summed E-state index contributed by atoms with van der Waals surface area (Å²) in [4.78, 5) is 16.5. The van der Waals surface area contributed by atoms with E-state index in [1.54, 1.807) is 24.3 Å². The predicted molar refractivity (Wildman–Crippen MR) is 81.4 cm³/mol. The Morgan fingerprint density at radius 3 is 2.58 bits per heavy atom. The summed E-state index contributed by atoms with van der Waals surface area (Å²) in [6.45, 7) is -1.26. The molecule has 0 saturated heterocycles. The highest BCUT2D eigenvalue weighted by atomic mass is 35.5. The number of nitrogens with zero attached hydrogens (tertiary/aromatic N) is 3. The summed E-state index contributed by atoms with van der Waals surface area (Å²) >= 11 is 5.80. The van der Waals surface area contributed by atoms with Crippen LogP contribution < -0.4 is 0 Å². The molecule has 5 nitrogen and oxygen atoms in total. The van der Waals surface area contributed by atoms with Gasteiger partial charge in [-0.05, 0) is 30.7 Å². The third-order valence-corrected chi connectivity index (χ3v) is 3.45. The van der Waals surface area contributed by atoms with Crippen LogP contribution in [0.25, 0.3) is 11.4 Å². The van der Waals surface area contributed by atoms with Crippen molar-refractivity contribution in [1.29, 1.82) is 0 Å². The van der Waals surface area contributed by atoms with E-state index < -0.39 is 18.6 Å². The summed E-state index contributed by atoms with van der Waals surface area (Å²) in [6, 6.07) is 6.88. The third-order valence-electron chi connectivity index (χ3n) is 3.19. The van der Waals surface area contributed by atoms with Crippen LogP contribution >= 0.6 is 11.6 Å².